The van der Waals surface area contributed by atoms with E-state index < -0.39 is 0 Å². The average Bonchev–Trinajstić information content (AvgIpc) is 2.63. The zero-order valence-corrected chi connectivity index (χ0v) is 14.7. The molecular formula is C20H26N4O. The quantitative estimate of drug-likeness (QED) is 0.881. The first kappa shape index (κ1) is 17.3. The first-order valence-corrected chi connectivity index (χ1v) is 8.84. The minimum atomic E-state index is -0.145. The van der Waals surface area contributed by atoms with Gasteiger partial charge in [0.1, 0.15) is 0 Å². The fourth-order valence-electron chi connectivity index (χ4n) is 3.09. The second kappa shape index (κ2) is 8.53. The Bertz CT molecular complexity index is 681. The van der Waals surface area contributed by atoms with Crippen LogP contribution in [-0.2, 0) is 0 Å². The maximum absolute atomic E-state index is 12.0. The molecule has 0 aliphatic carbocycles. The van der Waals surface area contributed by atoms with Crippen LogP contribution in [0, 0.1) is 6.92 Å². The van der Waals surface area contributed by atoms with Crippen molar-refractivity contribution in [1.82, 2.24) is 10.2 Å². The number of nitrogens with one attached hydrogen (secondary N) is 2. The molecule has 0 atom stereocenters. The molecule has 132 valence electrons. The van der Waals surface area contributed by atoms with Crippen LogP contribution in [0.4, 0.5) is 16.2 Å². The van der Waals surface area contributed by atoms with E-state index in [1.807, 2.05) is 37.3 Å². The number of rotatable bonds is 5. The standard InChI is InChI=1S/C20H26N4O/c1-17-6-5-7-18(16-17)22-20(25)21-10-11-23-12-14-24(15-13-23)19-8-3-2-4-9-19/h2-9,16H,10-15H2,1H3,(H2,21,22,25). The maximum Gasteiger partial charge on any atom is 0.319 e. The highest BCUT2D eigenvalue weighted by atomic mass is 16.2. The van der Waals surface area contributed by atoms with Crippen LogP contribution in [0.3, 0.4) is 0 Å². The summed E-state index contributed by atoms with van der Waals surface area (Å²) in [6, 6.07) is 18.2. The Hall–Kier alpha value is -2.53. The molecule has 5 nitrogen and oxygen atoms in total. The second-order valence-electron chi connectivity index (χ2n) is 6.41. The molecule has 0 radical (unpaired) electrons. The lowest BCUT2D eigenvalue weighted by atomic mass is 10.2. The van der Waals surface area contributed by atoms with Crippen LogP contribution < -0.4 is 15.5 Å². The summed E-state index contributed by atoms with van der Waals surface area (Å²) in [7, 11) is 0. The van der Waals surface area contributed by atoms with Gasteiger partial charge in [-0.25, -0.2) is 4.79 Å². The number of benzene rings is 2. The van der Waals surface area contributed by atoms with Crippen molar-refractivity contribution in [3.63, 3.8) is 0 Å². The number of nitrogens with zero attached hydrogens (tertiary/aromatic N) is 2. The van der Waals surface area contributed by atoms with Crippen molar-refractivity contribution in [3.05, 3.63) is 60.2 Å². The molecule has 1 fully saturated rings. The molecule has 2 N–H and O–H groups in total. The zero-order valence-electron chi connectivity index (χ0n) is 14.7. The van der Waals surface area contributed by atoms with Gasteiger partial charge >= 0.3 is 6.03 Å². The summed E-state index contributed by atoms with van der Waals surface area (Å²) in [4.78, 5) is 16.8. The topological polar surface area (TPSA) is 47.6 Å². The molecule has 1 heterocycles. The SMILES string of the molecule is Cc1cccc(NC(=O)NCCN2CCN(c3ccccc3)CC2)c1. The van der Waals surface area contributed by atoms with Gasteiger partial charge in [-0.15, -0.1) is 0 Å². The molecule has 0 spiro atoms. The van der Waals surface area contributed by atoms with Gasteiger partial charge in [0.2, 0.25) is 0 Å². The molecule has 1 aliphatic rings. The predicted molar refractivity (Wildman–Crippen MR) is 103 cm³/mol. The third-order valence-corrected chi connectivity index (χ3v) is 4.48. The van der Waals surface area contributed by atoms with Gasteiger partial charge in [-0.2, -0.15) is 0 Å². The number of amides is 2. The third-order valence-electron chi connectivity index (χ3n) is 4.48. The lowest BCUT2D eigenvalue weighted by Crippen LogP contribution is -2.48. The van der Waals surface area contributed by atoms with E-state index in [0.717, 1.165) is 44.0 Å². The van der Waals surface area contributed by atoms with Crippen LogP contribution in [0.25, 0.3) is 0 Å². The highest BCUT2D eigenvalue weighted by Crippen LogP contribution is 2.15. The van der Waals surface area contributed by atoms with E-state index in [9.17, 15) is 4.79 Å². The molecular weight excluding hydrogens is 312 g/mol. The Labute approximate surface area is 149 Å². The zero-order chi connectivity index (χ0) is 17.5. The fourth-order valence-corrected chi connectivity index (χ4v) is 3.09. The van der Waals surface area contributed by atoms with Crippen molar-refractivity contribution in [3.8, 4) is 0 Å². The molecule has 1 saturated heterocycles. The van der Waals surface area contributed by atoms with Crippen molar-refractivity contribution < 1.29 is 4.79 Å². The second-order valence-corrected chi connectivity index (χ2v) is 6.41. The normalized spacial score (nSPS) is 15.0. The number of urea groups is 1. The van der Waals surface area contributed by atoms with E-state index in [0.29, 0.717) is 6.54 Å². The van der Waals surface area contributed by atoms with Crippen molar-refractivity contribution in [2.45, 2.75) is 6.92 Å². The van der Waals surface area contributed by atoms with Crippen LogP contribution in [0.1, 0.15) is 5.56 Å². The molecule has 0 unspecified atom stereocenters. The van der Waals surface area contributed by atoms with E-state index in [-0.39, 0.29) is 6.03 Å². The van der Waals surface area contributed by atoms with Crippen molar-refractivity contribution in [1.29, 1.82) is 0 Å². The fraction of sp³-hybridized carbons (Fsp3) is 0.350. The number of para-hydroxylation sites is 1. The number of carbonyl (C=O) groups excluding carboxylic acids is 1. The summed E-state index contributed by atoms with van der Waals surface area (Å²) in [5.74, 6) is 0. The van der Waals surface area contributed by atoms with Gasteiger partial charge in [0.25, 0.3) is 0 Å². The lowest BCUT2D eigenvalue weighted by molar-refractivity contribution is 0.240. The summed E-state index contributed by atoms with van der Waals surface area (Å²) in [5, 5.41) is 5.81. The van der Waals surface area contributed by atoms with Crippen molar-refractivity contribution >= 4 is 17.4 Å². The monoisotopic (exact) mass is 338 g/mol. The Morgan fingerprint density at radius 1 is 1.00 bits per heavy atom. The molecule has 25 heavy (non-hydrogen) atoms. The van der Waals surface area contributed by atoms with Crippen LogP contribution in [0.15, 0.2) is 54.6 Å². The highest BCUT2D eigenvalue weighted by Gasteiger charge is 2.16. The number of anilines is 2. The highest BCUT2D eigenvalue weighted by molar-refractivity contribution is 5.89. The summed E-state index contributed by atoms with van der Waals surface area (Å²) < 4.78 is 0. The van der Waals surface area contributed by atoms with Gasteiger partial charge in [-0.05, 0) is 36.8 Å². The van der Waals surface area contributed by atoms with E-state index in [1.165, 1.54) is 5.69 Å². The van der Waals surface area contributed by atoms with Gasteiger partial charge < -0.3 is 15.5 Å². The number of piperazine rings is 1. The molecule has 1 aliphatic heterocycles. The van der Waals surface area contributed by atoms with Crippen LogP contribution in [0.2, 0.25) is 0 Å². The third kappa shape index (κ3) is 5.22. The first-order valence-electron chi connectivity index (χ1n) is 8.84. The van der Waals surface area contributed by atoms with Crippen LogP contribution in [0.5, 0.6) is 0 Å². The Morgan fingerprint density at radius 3 is 2.48 bits per heavy atom. The number of hydrogen-bond donors (Lipinski definition) is 2. The minimum absolute atomic E-state index is 0.145. The van der Waals surface area contributed by atoms with Gasteiger partial charge in [0.05, 0.1) is 0 Å². The lowest BCUT2D eigenvalue weighted by Gasteiger charge is -2.36. The number of carbonyl (C=O) groups is 1. The number of hydrogen-bond acceptors (Lipinski definition) is 3. The molecule has 5 heteroatoms. The molecule has 2 amide bonds. The smallest absolute Gasteiger partial charge is 0.319 e. The van der Waals surface area contributed by atoms with Gasteiger partial charge in [-0.3, -0.25) is 4.90 Å². The Balaban J connectivity index is 1.35. The maximum atomic E-state index is 12.0. The molecule has 2 aromatic rings. The molecule has 0 bridgehead atoms. The molecule has 0 aromatic heterocycles. The summed E-state index contributed by atoms with van der Waals surface area (Å²) in [5.41, 5.74) is 3.25. The molecule has 2 aromatic carbocycles. The number of aryl methyl sites for hydroxylation is 1. The van der Waals surface area contributed by atoms with Crippen LogP contribution in [-0.4, -0.2) is 50.2 Å². The van der Waals surface area contributed by atoms with Crippen molar-refractivity contribution in [2.24, 2.45) is 0 Å². The minimum Gasteiger partial charge on any atom is -0.369 e. The average molecular weight is 338 g/mol. The van der Waals surface area contributed by atoms with E-state index in [2.05, 4.69) is 44.7 Å². The predicted octanol–water partition coefficient (Wildman–Crippen LogP) is 2.94. The van der Waals surface area contributed by atoms with Gasteiger partial charge in [-0.1, -0.05) is 30.3 Å². The molecule has 0 saturated carbocycles. The summed E-state index contributed by atoms with van der Waals surface area (Å²) >= 11 is 0. The Kier molecular flexibility index (Phi) is 5.90. The molecule has 3 rings (SSSR count). The Morgan fingerprint density at radius 2 is 1.76 bits per heavy atom. The van der Waals surface area contributed by atoms with E-state index >= 15 is 0 Å². The summed E-state index contributed by atoms with van der Waals surface area (Å²) in [6.07, 6.45) is 0. The van der Waals surface area contributed by atoms with E-state index in [1.54, 1.807) is 0 Å². The van der Waals surface area contributed by atoms with Crippen molar-refractivity contribution in [2.75, 3.05) is 49.5 Å². The van der Waals surface area contributed by atoms with E-state index in [4.69, 9.17) is 0 Å². The summed E-state index contributed by atoms with van der Waals surface area (Å²) in [6.45, 7) is 7.65. The van der Waals surface area contributed by atoms with Gasteiger partial charge in [0, 0.05) is 50.6 Å². The van der Waals surface area contributed by atoms with Gasteiger partial charge in [0.15, 0.2) is 0 Å². The van der Waals surface area contributed by atoms with Crippen LogP contribution >= 0.6 is 0 Å². The largest absolute Gasteiger partial charge is 0.369 e. The first-order chi connectivity index (χ1) is 12.2.